The molecule has 0 spiro atoms. The zero-order valence-electron chi connectivity index (χ0n) is 7.92. The van der Waals surface area contributed by atoms with Crippen LogP contribution < -0.4 is 11.1 Å². The predicted octanol–water partition coefficient (Wildman–Crippen LogP) is 2.14. The van der Waals surface area contributed by atoms with Gasteiger partial charge < -0.3 is 11.1 Å². The molecule has 3 nitrogen and oxygen atoms in total. The first-order valence-corrected chi connectivity index (χ1v) is 4.68. The second-order valence-electron chi connectivity index (χ2n) is 2.86. The lowest BCUT2D eigenvalue weighted by molar-refractivity contribution is 0.851. The van der Waals surface area contributed by atoms with Crippen molar-refractivity contribution < 1.29 is 0 Å². The Balaban J connectivity index is 2.82. The van der Waals surface area contributed by atoms with E-state index in [1.807, 2.05) is 6.92 Å². The first kappa shape index (κ1) is 10.7. The zero-order valence-corrected chi connectivity index (χ0v) is 8.67. The summed E-state index contributed by atoms with van der Waals surface area (Å²) in [6, 6.07) is 1.59. The van der Waals surface area contributed by atoms with Crippen molar-refractivity contribution in [2.75, 3.05) is 11.1 Å². The van der Waals surface area contributed by atoms with E-state index in [4.69, 9.17) is 23.8 Å². The molecular formula is C10H12ClN3. The minimum atomic E-state index is -0.0500. The van der Waals surface area contributed by atoms with Crippen LogP contribution in [0.25, 0.3) is 0 Å². The number of halogens is 1. The molecule has 4 heteroatoms. The zero-order chi connectivity index (χ0) is 10.6. The number of nitrogens with zero attached hydrogens (tertiary/aromatic N) is 1. The van der Waals surface area contributed by atoms with Gasteiger partial charge in [-0.25, -0.2) is 4.98 Å². The lowest BCUT2D eigenvalue weighted by Gasteiger charge is -2.12. The quantitative estimate of drug-likeness (QED) is 0.750. The molecule has 1 rings (SSSR count). The second-order valence-corrected chi connectivity index (χ2v) is 3.30. The average molecular weight is 210 g/mol. The molecule has 0 aliphatic rings. The Morgan fingerprint density at radius 3 is 3.00 bits per heavy atom. The third kappa shape index (κ3) is 2.54. The van der Waals surface area contributed by atoms with E-state index in [1.165, 1.54) is 6.20 Å². The summed E-state index contributed by atoms with van der Waals surface area (Å²) in [5.74, 6) is 3.18. The molecule has 0 aromatic carbocycles. The van der Waals surface area contributed by atoms with Crippen molar-refractivity contribution >= 4 is 23.1 Å². The summed E-state index contributed by atoms with van der Waals surface area (Å²) in [6.07, 6.45) is 7.65. The van der Waals surface area contributed by atoms with Gasteiger partial charge in [0.2, 0.25) is 0 Å². The Morgan fingerprint density at radius 1 is 1.79 bits per heavy atom. The normalized spacial score (nSPS) is 11.8. The van der Waals surface area contributed by atoms with Crippen LogP contribution in [-0.2, 0) is 0 Å². The molecule has 1 aromatic heterocycles. The van der Waals surface area contributed by atoms with Crippen LogP contribution in [0.3, 0.4) is 0 Å². The number of hydrogen-bond acceptors (Lipinski definition) is 3. The second kappa shape index (κ2) is 4.73. The molecule has 1 atom stereocenters. The monoisotopic (exact) mass is 209 g/mol. The maximum absolute atomic E-state index is 5.71. The summed E-state index contributed by atoms with van der Waals surface area (Å²) in [5.41, 5.74) is 6.21. The van der Waals surface area contributed by atoms with Gasteiger partial charge in [-0.2, -0.15) is 0 Å². The summed E-state index contributed by atoms with van der Waals surface area (Å²) >= 11 is 5.71. The highest BCUT2D eigenvalue weighted by molar-refractivity contribution is 6.30. The van der Waals surface area contributed by atoms with Crippen LogP contribution in [0.1, 0.15) is 13.3 Å². The minimum Gasteiger partial charge on any atom is -0.396 e. The van der Waals surface area contributed by atoms with Gasteiger partial charge in [0.1, 0.15) is 5.82 Å². The molecule has 0 fully saturated rings. The highest BCUT2D eigenvalue weighted by Gasteiger charge is 2.05. The van der Waals surface area contributed by atoms with Gasteiger partial charge in [-0.1, -0.05) is 24.4 Å². The molecule has 0 aliphatic heterocycles. The molecule has 0 saturated carbocycles. The summed E-state index contributed by atoms with van der Waals surface area (Å²) in [5, 5.41) is 3.56. The van der Waals surface area contributed by atoms with E-state index in [0.717, 1.165) is 6.42 Å². The number of pyridine rings is 1. The van der Waals surface area contributed by atoms with Gasteiger partial charge in [-0.05, 0) is 12.5 Å². The van der Waals surface area contributed by atoms with Crippen molar-refractivity contribution in [3.63, 3.8) is 0 Å². The highest BCUT2D eigenvalue weighted by Crippen LogP contribution is 2.20. The van der Waals surface area contributed by atoms with Crippen molar-refractivity contribution in [1.29, 1.82) is 0 Å². The van der Waals surface area contributed by atoms with Crippen molar-refractivity contribution in [2.45, 2.75) is 19.4 Å². The Kier molecular flexibility index (Phi) is 3.61. The van der Waals surface area contributed by atoms with Gasteiger partial charge in [0, 0.05) is 6.20 Å². The number of anilines is 2. The van der Waals surface area contributed by atoms with Crippen LogP contribution in [-0.4, -0.2) is 11.0 Å². The first-order chi connectivity index (χ1) is 6.67. The number of aromatic nitrogens is 1. The SMILES string of the molecule is C#CC(CC)Nc1ncc(Cl)cc1N. The van der Waals surface area contributed by atoms with E-state index in [2.05, 4.69) is 16.2 Å². The van der Waals surface area contributed by atoms with E-state index in [9.17, 15) is 0 Å². The summed E-state index contributed by atoms with van der Waals surface area (Å²) in [4.78, 5) is 4.05. The van der Waals surface area contributed by atoms with Crippen LogP contribution >= 0.6 is 11.6 Å². The third-order valence-electron chi connectivity index (χ3n) is 1.80. The highest BCUT2D eigenvalue weighted by atomic mass is 35.5. The molecule has 0 bridgehead atoms. The summed E-state index contributed by atoms with van der Waals surface area (Å²) in [7, 11) is 0. The van der Waals surface area contributed by atoms with E-state index in [0.29, 0.717) is 16.5 Å². The largest absolute Gasteiger partial charge is 0.396 e. The molecule has 1 heterocycles. The number of nitrogen functional groups attached to an aromatic ring is 1. The van der Waals surface area contributed by atoms with Gasteiger partial charge in [0.05, 0.1) is 16.8 Å². The van der Waals surface area contributed by atoms with E-state index in [-0.39, 0.29) is 6.04 Å². The maximum Gasteiger partial charge on any atom is 0.150 e. The number of terminal acetylenes is 1. The van der Waals surface area contributed by atoms with Gasteiger partial charge in [-0.3, -0.25) is 0 Å². The van der Waals surface area contributed by atoms with Crippen molar-refractivity contribution in [2.24, 2.45) is 0 Å². The Bertz CT molecular complexity index is 357. The average Bonchev–Trinajstić information content (AvgIpc) is 2.17. The number of nitrogens with one attached hydrogen (secondary N) is 1. The predicted molar refractivity (Wildman–Crippen MR) is 60.2 cm³/mol. The number of rotatable bonds is 3. The van der Waals surface area contributed by atoms with Crippen molar-refractivity contribution in [3.05, 3.63) is 17.3 Å². The van der Waals surface area contributed by atoms with E-state index < -0.39 is 0 Å². The third-order valence-corrected chi connectivity index (χ3v) is 2.01. The topological polar surface area (TPSA) is 50.9 Å². The molecule has 0 aliphatic carbocycles. The molecule has 0 radical (unpaired) electrons. The summed E-state index contributed by atoms with van der Waals surface area (Å²) in [6.45, 7) is 1.99. The fourth-order valence-corrected chi connectivity index (χ4v) is 1.17. The number of nitrogens with two attached hydrogens (primary N) is 1. The standard InChI is InChI=1S/C10H12ClN3/c1-3-8(4-2)14-10-9(12)5-7(11)6-13-10/h1,5-6,8H,4,12H2,2H3,(H,13,14). The van der Waals surface area contributed by atoms with Gasteiger partial charge >= 0.3 is 0 Å². The van der Waals surface area contributed by atoms with Crippen molar-refractivity contribution in [1.82, 2.24) is 4.98 Å². The van der Waals surface area contributed by atoms with Gasteiger partial charge in [-0.15, -0.1) is 6.42 Å². The van der Waals surface area contributed by atoms with Crippen molar-refractivity contribution in [3.8, 4) is 12.3 Å². The van der Waals surface area contributed by atoms with Crippen LogP contribution in [0, 0.1) is 12.3 Å². The van der Waals surface area contributed by atoms with Crippen LogP contribution in [0.15, 0.2) is 12.3 Å². The molecule has 3 N–H and O–H groups in total. The molecule has 0 amide bonds. The van der Waals surface area contributed by atoms with E-state index in [1.54, 1.807) is 6.07 Å². The Labute approximate surface area is 88.7 Å². The number of hydrogen-bond donors (Lipinski definition) is 2. The lowest BCUT2D eigenvalue weighted by Crippen LogP contribution is -2.17. The van der Waals surface area contributed by atoms with Gasteiger partial charge in [0.25, 0.3) is 0 Å². The lowest BCUT2D eigenvalue weighted by atomic mass is 10.2. The fourth-order valence-electron chi connectivity index (χ4n) is 1.00. The molecular weight excluding hydrogens is 198 g/mol. The van der Waals surface area contributed by atoms with Gasteiger partial charge in [0.15, 0.2) is 0 Å². The van der Waals surface area contributed by atoms with Crippen LogP contribution in [0.5, 0.6) is 0 Å². The van der Waals surface area contributed by atoms with E-state index >= 15 is 0 Å². The van der Waals surface area contributed by atoms with Crippen LogP contribution in [0.4, 0.5) is 11.5 Å². The molecule has 0 saturated heterocycles. The van der Waals surface area contributed by atoms with Crippen LogP contribution in [0.2, 0.25) is 5.02 Å². The fraction of sp³-hybridized carbons (Fsp3) is 0.300. The molecule has 14 heavy (non-hydrogen) atoms. The molecule has 74 valence electrons. The summed E-state index contributed by atoms with van der Waals surface area (Å²) < 4.78 is 0. The Morgan fingerprint density at radius 2 is 2.50 bits per heavy atom. The molecule has 1 aromatic rings. The Hall–Kier alpha value is -1.40. The molecule has 1 unspecified atom stereocenters. The maximum atomic E-state index is 5.71. The first-order valence-electron chi connectivity index (χ1n) is 4.31. The minimum absolute atomic E-state index is 0.0500. The smallest absolute Gasteiger partial charge is 0.150 e.